The molecule has 2 aromatic rings. The van der Waals surface area contributed by atoms with E-state index in [-0.39, 0.29) is 18.4 Å². The van der Waals surface area contributed by atoms with Gasteiger partial charge in [-0.1, -0.05) is 15.9 Å². The third kappa shape index (κ3) is 7.03. The van der Waals surface area contributed by atoms with Gasteiger partial charge in [0.1, 0.15) is 5.75 Å². The second-order valence-corrected chi connectivity index (χ2v) is 6.78. The molecule has 6 nitrogen and oxygen atoms in total. The van der Waals surface area contributed by atoms with Crippen LogP contribution in [0.4, 0.5) is 5.69 Å². The lowest BCUT2D eigenvalue weighted by atomic mass is 10.2. The van der Waals surface area contributed by atoms with E-state index in [2.05, 4.69) is 26.6 Å². The quantitative estimate of drug-likeness (QED) is 0.591. The highest BCUT2D eigenvalue weighted by molar-refractivity contribution is 9.10. The van der Waals surface area contributed by atoms with Crippen LogP contribution in [0.25, 0.3) is 0 Å². The monoisotopic (exact) mass is 434 g/mol. The van der Waals surface area contributed by atoms with Crippen molar-refractivity contribution in [3.63, 3.8) is 0 Å². The van der Waals surface area contributed by atoms with Crippen LogP contribution in [0.5, 0.6) is 5.75 Å². The molecule has 0 fully saturated rings. The van der Waals surface area contributed by atoms with Crippen LogP contribution < -0.4 is 15.4 Å². The number of benzene rings is 2. The summed E-state index contributed by atoms with van der Waals surface area (Å²) in [6, 6.07) is 12.2. The number of carbonyl (C=O) groups excluding carboxylic acids is 2. The molecule has 0 saturated carbocycles. The second-order valence-electron chi connectivity index (χ2n) is 5.93. The van der Waals surface area contributed by atoms with Crippen molar-refractivity contribution < 1.29 is 19.1 Å². The van der Waals surface area contributed by atoms with Gasteiger partial charge < -0.3 is 20.1 Å². The van der Waals surface area contributed by atoms with E-state index in [1.54, 1.807) is 37.4 Å². The Labute approximate surface area is 167 Å². The van der Waals surface area contributed by atoms with Crippen molar-refractivity contribution in [3.05, 3.63) is 58.1 Å². The first kappa shape index (κ1) is 20.9. The maximum Gasteiger partial charge on any atom is 0.262 e. The van der Waals surface area contributed by atoms with Gasteiger partial charge in [0.25, 0.3) is 11.8 Å². The summed E-state index contributed by atoms with van der Waals surface area (Å²) < 4.78 is 11.4. The molecule has 0 unspecified atom stereocenters. The van der Waals surface area contributed by atoms with Crippen LogP contribution in [0.2, 0.25) is 0 Å². The van der Waals surface area contributed by atoms with Crippen molar-refractivity contribution in [2.24, 2.45) is 0 Å². The number of nitrogens with one attached hydrogen (secondary N) is 2. The summed E-state index contributed by atoms with van der Waals surface area (Å²) in [6.45, 7) is 3.01. The fraction of sp³-hybridized carbons (Fsp3) is 0.300. The minimum absolute atomic E-state index is 0.0944. The largest absolute Gasteiger partial charge is 0.484 e. The second kappa shape index (κ2) is 10.7. The summed E-state index contributed by atoms with van der Waals surface area (Å²) in [5.74, 6) is 0.205. The van der Waals surface area contributed by atoms with Crippen molar-refractivity contribution in [2.75, 3.05) is 32.2 Å². The van der Waals surface area contributed by atoms with Crippen molar-refractivity contribution in [1.82, 2.24) is 5.32 Å². The van der Waals surface area contributed by atoms with Gasteiger partial charge in [-0.25, -0.2) is 0 Å². The zero-order chi connectivity index (χ0) is 19.6. The summed E-state index contributed by atoms with van der Waals surface area (Å²) in [5, 5.41) is 5.55. The Morgan fingerprint density at radius 2 is 1.85 bits per heavy atom. The Kier molecular flexibility index (Phi) is 8.29. The number of aryl methyl sites for hydroxylation is 1. The number of amides is 2. The summed E-state index contributed by atoms with van der Waals surface area (Å²) in [7, 11) is 1.62. The number of carbonyl (C=O) groups is 2. The predicted molar refractivity (Wildman–Crippen MR) is 108 cm³/mol. The lowest BCUT2D eigenvalue weighted by Gasteiger charge is -2.09. The molecule has 0 aliphatic heterocycles. The van der Waals surface area contributed by atoms with Crippen LogP contribution in [0.3, 0.4) is 0 Å². The Bertz CT molecular complexity index is 778. The van der Waals surface area contributed by atoms with E-state index in [0.29, 0.717) is 30.2 Å². The van der Waals surface area contributed by atoms with Crippen molar-refractivity contribution in [2.45, 2.75) is 13.3 Å². The standard InChI is InChI=1S/C20H23BrN2O4/c1-14-12-17(8-9-18(14)21)27-13-19(24)23-16-6-4-15(5-7-16)20(25)22-10-3-11-26-2/h4-9,12H,3,10-11,13H2,1-2H3,(H,22,25)(H,23,24). The third-order valence-electron chi connectivity index (χ3n) is 3.74. The minimum atomic E-state index is -0.271. The molecule has 0 aliphatic carbocycles. The van der Waals surface area contributed by atoms with E-state index in [1.165, 1.54) is 0 Å². The first-order valence-electron chi connectivity index (χ1n) is 8.55. The molecular weight excluding hydrogens is 412 g/mol. The Morgan fingerprint density at radius 3 is 2.52 bits per heavy atom. The summed E-state index contributed by atoms with van der Waals surface area (Å²) in [4.78, 5) is 24.0. The van der Waals surface area contributed by atoms with Crippen molar-refractivity contribution in [1.29, 1.82) is 0 Å². The molecule has 144 valence electrons. The minimum Gasteiger partial charge on any atom is -0.484 e. The van der Waals surface area contributed by atoms with Crippen molar-refractivity contribution >= 4 is 33.4 Å². The van der Waals surface area contributed by atoms with E-state index in [0.717, 1.165) is 16.5 Å². The first-order valence-corrected chi connectivity index (χ1v) is 9.35. The van der Waals surface area contributed by atoms with Crippen LogP contribution >= 0.6 is 15.9 Å². The molecule has 27 heavy (non-hydrogen) atoms. The molecule has 0 aromatic heterocycles. The van der Waals surface area contributed by atoms with Gasteiger partial charge in [-0.05, 0) is 61.4 Å². The van der Waals surface area contributed by atoms with Gasteiger partial charge in [-0.2, -0.15) is 0 Å². The zero-order valence-corrected chi connectivity index (χ0v) is 17.0. The SMILES string of the molecule is COCCCNC(=O)c1ccc(NC(=O)COc2ccc(Br)c(C)c2)cc1. The molecule has 2 rings (SSSR count). The number of hydrogen-bond acceptors (Lipinski definition) is 4. The molecule has 0 atom stereocenters. The zero-order valence-electron chi connectivity index (χ0n) is 15.4. The maximum absolute atomic E-state index is 12.0. The van der Waals surface area contributed by atoms with Gasteiger partial charge in [0.15, 0.2) is 6.61 Å². The van der Waals surface area contributed by atoms with Crippen LogP contribution in [0.1, 0.15) is 22.3 Å². The highest BCUT2D eigenvalue weighted by Crippen LogP contribution is 2.21. The van der Waals surface area contributed by atoms with Crippen LogP contribution in [0, 0.1) is 6.92 Å². The number of rotatable bonds is 9. The molecule has 2 amide bonds. The highest BCUT2D eigenvalue weighted by Gasteiger charge is 2.07. The van der Waals surface area contributed by atoms with E-state index in [1.807, 2.05) is 19.1 Å². The topological polar surface area (TPSA) is 76.7 Å². The lowest BCUT2D eigenvalue weighted by molar-refractivity contribution is -0.118. The van der Waals surface area contributed by atoms with Gasteiger partial charge in [-0.3, -0.25) is 9.59 Å². The highest BCUT2D eigenvalue weighted by atomic mass is 79.9. The molecule has 0 radical (unpaired) electrons. The number of hydrogen-bond donors (Lipinski definition) is 2. The van der Waals surface area contributed by atoms with Crippen LogP contribution in [-0.4, -0.2) is 38.7 Å². The lowest BCUT2D eigenvalue weighted by Crippen LogP contribution is -2.25. The summed E-state index contributed by atoms with van der Waals surface area (Å²) >= 11 is 3.42. The summed E-state index contributed by atoms with van der Waals surface area (Å²) in [5.41, 5.74) is 2.17. The molecule has 7 heteroatoms. The molecule has 2 N–H and O–H groups in total. The van der Waals surface area contributed by atoms with Crippen molar-refractivity contribution in [3.8, 4) is 5.75 Å². The number of anilines is 1. The molecule has 2 aromatic carbocycles. The first-order chi connectivity index (χ1) is 13.0. The fourth-order valence-electron chi connectivity index (χ4n) is 2.28. The normalized spacial score (nSPS) is 10.3. The molecular formula is C20H23BrN2O4. The van der Waals surface area contributed by atoms with Gasteiger partial charge in [0, 0.05) is 36.0 Å². The average molecular weight is 435 g/mol. The van der Waals surface area contributed by atoms with E-state index in [4.69, 9.17) is 9.47 Å². The number of ether oxygens (including phenoxy) is 2. The molecule has 0 saturated heterocycles. The third-order valence-corrected chi connectivity index (χ3v) is 4.63. The molecule has 0 heterocycles. The Balaban J connectivity index is 1.80. The van der Waals surface area contributed by atoms with E-state index >= 15 is 0 Å². The van der Waals surface area contributed by atoms with Crippen LogP contribution in [-0.2, 0) is 9.53 Å². The number of halogens is 1. The Hall–Kier alpha value is -2.38. The van der Waals surface area contributed by atoms with E-state index in [9.17, 15) is 9.59 Å². The maximum atomic E-state index is 12.0. The molecule has 0 bridgehead atoms. The molecule has 0 aliphatic rings. The Morgan fingerprint density at radius 1 is 1.11 bits per heavy atom. The van der Waals surface area contributed by atoms with E-state index < -0.39 is 0 Å². The smallest absolute Gasteiger partial charge is 0.262 e. The fourth-order valence-corrected chi connectivity index (χ4v) is 2.52. The average Bonchev–Trinajstić information content (AvgIpc) is 2.66. The summed E-state index contributed by atoms with van der Waals surface area (Å²) in [6.07, 6.45) is 0.758. The van der Waals surface area contributed by atoms with Crippen LogP contribution in [0.15, 0.2) is 46.9 Å². The van der Waals surface area contributed by atoms with Gasteiger partial charge in [0.05, 0.1) is 0 Å². The van der Waals surface area contributed by atoms with Gasteiger partial charge in [0.2, 0.25) is 0 Å². The number of methoxy groups -OCH3 is 1. The predicted octanol–water partition coefficient (Wildman–Crippen LogP) is 3.54. The van der Waals surface area contributed by atoms with Gasteiger partial charge in [-0.15, -0.1) is 0 Å². The van der Waals surface area contributed by atoms with Gasteiger partial charge >= 0.3 is 0 Å². The molecule has 0 spiro atoms.